The van der Waals surface area contributed by atoms with Gasteiger partial charge in [0.15, 0.2) is 0 Å². The van der Waals surface area contributed by atoms with Crippen LogP contribution in [0.4, 0.5) is 8.78 Å². The molecule has 166 valence electrons. The number of para-hydroxylation sites is 1. The predicted molar refractivity (Wildman–Crippen MR) is 109 cm³/mol. The highest BCUT2D eigenvalue weighted by Gasteiger charge is 2.43. The summed E-state index contributed by atoms with van der Waals surface area (Å²) in [6, 6.07) is 8.94. The molecule has 0 bridgehead atoms. The van der Waals surface area contributed by atoms with E-state index in [0.717, 1.165) is 18.4 Å². The fourth-order valence-electron chi connectivity index (χ4n) is 4.59. The third kappa shape index (κ3) is 4.13. The summed E-state index contributed by atoms with van der Waals surface area (Å²) in [4.78, 5) is 28.4. The Kier molecular flexibility index (Phi) is 5.68. The molecule has 0 N–H and O–H groups in total. The molecule has 31 heavy (non-hydrogen) atoms. The van der Waals surface area contributed by atoms with Crippen molar-refractivity contribution in [2.45, 2.75) is 57.3 Å². The van der Waals surface area contributed by atoms with Gasteiger partial charge in [0.05, 0.1) is 6.54 Å². The Morgan fingerprint density at radius 2 is 1.94 bits per heavy atom. The summed E-state index contributed by atoms with van der Waals surface area (Å²) in [5, 5.41) is 3.60. The number of carbonyl (C=O) groups is 2. The Morgan fingerprint density at radius 1 is 1.23 bits per heavy atom. The van der Waals surface area contributed by atoms with E-state index in [1.165, 1.54) is 12.3 Å². The van der Waals surface area contributed by atoms with Crippen LogP contribution in [0.2, 0.25) is 0 Å². The van der Waals surface area contributed by atoms with Gasteiger partial charge in [-0.1, -0.05) is 18.2 Å². The van der Waals surface area contributed by atoms with Crippen molar-refractivity contribution in [2.75, 3.05) is 13.6 Å². The molecule has 0 radical (unpaired) electrons. The average molecular weight is 432 g/mol. The molecule has 2 aliphatic rings. The van der Waals surface area contributed by atoms with E-state index in [1.807, 2.05) is 24.3 Å². The molecule has 1 spiro atoms. The highest BCUT2D eigenvalue weighted by Crippen LogP contribution is 2.39. The van der Waals surface area contributed by atoms with Gasteiger partial charge in [-0.3, -0.25) is 9.59 Å². The lowest BCUT2D eigenvalue weighted by atomic mass is 9.81. The van der Waals surface area contributed by atoms with Crippen LogP contribution in [-0.2, 0) is 11.3 Å². The number of carbonyl (C=O) groups excluding carboxylic acids is 2. The first-order chi connectivity index (χ1) is 14.8. The first-order valence-corrected chi connectivity index (χ1v) is 10.4. The maximum atomic E-state index is 13.3. The second kappa shape index (κ2) is 8.28. The zero-order chi connectivity index (χ0) is 22.2. The van der Waals surface area contributed by atoms with Crippen molar-refractivity contribution in [2.24, 2.45) is 0 Å². The van der Waals surface area contributed by atoms with Gasteiger partial charge in [0.2, 0.25) is 5.91 Å². The van der Waals surface area contributed by atoms with Crippen LogP contribution in [0.3, 0.4) is 0 Å². The molecular formula is C22H26F2N4O3. The largest absolute Gasteiger partial charge is 0.485 e. The molecule has 1 saturated carbocycles. The SMILES string of the molecule is CC(=O)N(C)C1CCC2(CC1)CN(C(=O)c1ccnn1C(F)F)Cc1ccccc1O2. The van der Waals surface area contributed by atoms with E-state index in [4.69, 9.17) is 4.74 Å². The van der Waals surface area contributed by atoms with Crippen LogP contribution in [0.5, 0.6) is 5.75 Å². The Morgan fingerprint density at radius 3 is 2.61 bits per heavy atom. The van der Waals surface area contributed by atoms with Gasteiger partial charge in [0.25, 0.3) is 5.91 Å². The lowest BCUT2D eigenvalue weighted by molar-refractivity contribution is -0.131. The molecule has 7 nitrogen and oxygen atoms in total. The van der Waals surface area contributed by atoms with E-state index >= 15 is 0 Å². The number of rotatable bonds is 3. The third-order valence-corrected chi connectivity index (χ3v) is 6.41. The Bertz CT molecular complexity index is 969. The molecule has 1 aliphatic heterocycles. The summed E-state index contributed by atoms with van der Waals surface area (Å²) in [6.07, 6.45) is 4.01. The zero-order valence-electron chi connectivity index (χ0n) is 17.6. The number of amides is 2. The molecule has 1 aromatic heterocycles. The average Bonchev–Trinajstić information content (AvgIpc) is 3.18. The van der Waals surface area contributed by atoms with Crippen molar-refractivity contribution in [3.05, 3.63) is 47.8 Å². The molecule has 1 aromatic carbocycles. The number of aromatic nitrogens is 2. The number of halogens is 2. The van der Waals surface area contributed by atoms with Gasteiger partial charge in [0, 0.05) is 38.3 Å². The van der Waals surface area contributed by atoms with Crippen LogP contribution in [0.1, 0.15) is 55.2 Å². The van der Waals surface area contributed by atoms with Crippen LogP contribution in [0, 0.1) is 0 Å². The molecule has 0 atom stereocenters. The van der Waals surface area contributed by atoms with Gasteiger partial charge >= 0.3 is 6.55 Å². The monoisotopic (exact) mass is 432 g/mol. The minimum atomic E-state index is -2.89. The maximum absolute atomic E-state index is 13.3. The summed E-state index contributed by atoms with van der Waals surface area (Å²) in [5.41, 5.74) is 0.0554. The van der Waals surface area contributed by atoms with E-state index in [0.29, 0.717) is 23.3 Å². The topological polar surface area (TPSA) is 67.7 Å². The molecule has 9 heteroatoms. The normalized spacial score (nSPS) is 23.3. The van der Waals surface area contributed by atoms with Crippen LogP contribution in [0.15, 0.2) is 36.5 Å². The van der Waals surface area contributed by atoms with Crippen molar-refractivity contribution >= 4 is 11.8 Å². The van der Waals surface area contributed by atoms with Gasteiger partial charge < -0.3 is 14.5 Å². The first-order valence-electron chi connectivity index (χ1n) is 10.4. The van der Waals surface area contributed by atoms with Crippen molar-refractivity contribution < 1.29 is 23.1 Å². The van der Waals surface area contributed by atoms with Gasteiger partial charge in [0.1, 0.15) is 17.0 Å². The third-order valence-electron chi connectivity index (χ3n) is 6.41. The Labute approximate surface area is 179 Å². The number of nitrogens with zero attached hydrogens (tertiary/aromatic N) is 4. The minimum Gasteiger partial charge on any atom is -0.485 e. The smallest absolute Gasteiger partial charge is 0.333 e. The summed E-state index contributed by atoms with van der Waals surface area (Å²) >= 11 is 0. The summed E-state index contributed by atoms with van der Waals surface area (Å²) in [5.74, 6) is 0.226. The molecule has 0 unspecified atom stereocenters. The van der Waals surface area contributed by atoms with Crippen molar-refractivity contribution in [3.8, 4) is 5.75 Å². The maximum Gasteiger partial charge on any atom is 0.333 e. The van der Waals surface area contributed by atoms with Crippen LogP contribution in [0.25, 0.3) is 0 Å². The van der Waals surface area contributed by atoms with Gasteiger partial charge in [-0.2, -0.15) is 18.6 Å². The number of hydrogen-bond donors (Lipinski definition) is 0. The van der Waals surface area contributed by atoms with Crippen LogP contribution >= 0.6 is 0 Å². The van der Waals surface area contributed by atoms with Gasteiger partial charge in [-0.25, -0.2) is 0 Å². The molecular weight excluding hydrogens is 406 g/mol. The van der Waals surface area contributed by atoms with E-state index in [2.05, 4.69) is 5.10 Å². The highest BCUT2D eigenvalue weighted by molar-refractivity contribution is 5.92. The lowest BCUT2D eigenvalue weighted by Crippen LogP contribution is -2.52. The minimum absolute atomic E-state index is 0.0187. The van der Waals surface area contributed by atoms with E-state index in [1.54, 1.807) is 23.8 Å². The molecule has 1 fully saturated rings. The number of benzene rings is 1. The molecule has 2 heterocycles. The fraction of sp³-hybridized carbons (Fsp3) is 0.500. The standard InChI is InChI=1S/C22H26F2N4O3/c1-15(29)26(2)17-7-10-22(11-8-17)14-27(13-16-5-3-4-6-19(16)31-22)20(30)18-9-12-25-28(18)21(23)24/h3-6,9,12,17,21H,7-8,10-11,13-14H2,1-2H3. The predicted octanol–water partition coefficient (Wildman–Crippen LogP) is 3.47. The summed E-state index contributed by atoms with van der Waals surface area (Å²) in [7, 11) is 1.80. The number of ether oxygens (including phenoxy) is 1. The molecule has 0 saturated heterocycles. The second-order valence-electron chi connectivity index (χ2n) is 8.35. The van der Waals surface area contributed by atoms with Crippen molar-refractivity contribution in [1.82, 2.24) is 19.6 Å². The first kappa shape index (κ1) is 21.3. The molecule has 2 amide bonds. The van der Waals surface area contributed by atoms with Gasteiger partial charge in [-0.15, -0.1) is 0 Å². The summed E-state index contributed by atoms with van der Waals surface area (Å²) < 4.78 is 33.6. The van der Waals surface area contributed by atoms with Crippen LogP contribution in [-0.4, -0.2) is 56.6 Å². The van der Waals surface area contributed by atoms with E-state index in [9.17, 15) is 18.4 Å². The van der Waals surface area contributed by atoms with Gasteiger partial charge in [-0.05, 0) is 37.8 Å². The van der Waals surface area contributed by atoms with Crippen LogP contribution < -0.4 is 4.74 Å². The zero-order valence-corrected chi connectivity index (χ0v) is 17.6. The molecule has 4 rings (SSSR count). The molecule has 1 aliphatic carbocycles. The highest BCUT2D eigenvalue weighted by atomic mass is 19.3. The van der Waals surface area contributed by atoms with E-state index in [-0.39, 0.29) is 30.7 Å². The lowest BCUT2D eigenvalue weighted by Gasteiger charge is -2.43. The van der Waals surface area contributed by atoms with E-state index < -0.39 is 18.1 Å². The Balaban J connectivity index is 1.63. The van der Waals surface area contributed by atoms with Crippen molar-refractivity contribution in [1.29, 1.82) is 0 Å². The fourth-order valence-corrected chi connectivity index (χ4v) is 4.59. The quantitative estimate of drug-likeness (QED) is 0.745. The van der Waals surface area contributed by atoms with Crippen molar-refractivity contribution in [3.63, 3.8) is 0 Å². The second-order valence-corrected chi connectivity index (χ2v) is 8.35. The molecule has 2 aromatic rings. The Hall–Kier alpha value is -2.97. The number of fused-ring (bicyclic) bond motifs is 1. The summed E-state index contributed by atoms with van der Waals surface area (Å²) in [6.45, 7) is -0.793. The number of hydrogen-bond acceptors (Lipinski definition) is 4. The number of alkyl halides is 2.